The zero-order valence-electron chi connectivity index (χ0n) is 7.46. The first kappa shape index (κ1) is 8.75. The van der Waals surface area contributed by atoms with Gasteiger partial charge in [-0.15, -0.1) is 0 Å². The molecule has 0 fully saturated rings. The van der Waals surface area contributed by atoms with Crippen molar-refractivity contribution in [2.75, 3.05) is 13.1 Å². The molecule has 1 heterocycles. The van der Waals surface area contributed by atoms with Crippen LogP contribution < -0.4 is 5.73 Å². The highest BCUT2D eigenvalue weighted by Crippen LogP contribution is 2.12. The molecule has 2 N–H and O–H groups in total. The molecule has 0 aliphatic carbocycles. The van der Waals surface area contributed by atoms with E-state index in [4.69, 9.17) is 5.73 Å². The van der Waals surface area contributed by atoms with Crippen LogP contribution in [0.2, 0.25) is 0 Å². The lowest BCUT2D eigenvalue weighted by molar-refractivity contribution is 0.180. The van der Waals surface area contributed by atoms with Crippen LogP contribution in [0.3, 0.4) is 0 Å². The molecule has 0 amide bonds. The van der Waals surface area contributed by atoms with Gasteiger partial charge in [-0.3, -0.25) is 4.90 Å². The van der Waals surface area contributed by atoms with Crippen molar-refractivity contribution < 1.29 is 0 Å². The van der Waals surface area contributed by atoms with Crippen LogP contribution in [0.5, 0.6) is 0 Å². The molecule has 0 aromatic rings. The highest BCUT2D eigenvalue weighted by atomic mass is 15.2. The number of nitrogens with zero attached hydrogens (tertiary/aromatic N) is 1. The van der Waals surface area contributed by atoms with Crippen molar-refractivity contribution in [1.82, 2.24) is 4.90 Å². The molecule has 1 aliphatic rings. The molecular weight excluding hydrogens is 136 g/mol. The molecule has 1 rings (SSSR count). The van der Waals surface area contributed by atoms with E-state index in [0.29, 0.717) is 12.1 Å². The molecule has 0 radical (unpaired) electrons. The second-order valence-electron chi connectivity index (χ2n) is 3.35. The predicted octanol–water partition coefficient (Wildman–Crippen LogP) is 0.984. The van der Waals surface area contributed by atoms with Crippen molar-refractivity contribution in [3.05, 3.63) is 12.2 Å². The van der Waals surface area contributed by atoms with Crippen molar-refractivity contribution in [1.29, 1.82) is 0 Å². The number of hydrogen-bond donors (Lipinski definition) is 1. The van der Waals surface area contributed by atoms with Crippen LogP contribution in [0.1, 0.15) is 20.3 Å². The molecule has 64 valence electrons. The van der Waals surface area contributed by atoms with Gasteiger partial charge in [-0.25, -0.2) is 0 Å². The Kier molecular flexibility index (Phi) is 3.09. The van der Waals surface area contributed by atoms with E-state index in [-0.39, 0.29) is 0 Å². The van der Waals surface area contributed by atoms with E-state index in [1.54, 1.807) is 0 Å². The topological polar surface area (TPSA) is 29.3 Å². The average molecular weight is 154 g/mol. The lowest BCUT2D eigenvalue weighted by Gasteiger charge is -2.34. The van der Waals surface area contributed by atoms with Crippen LogP contribution >= 0.6 is 0 Å². The maximum absolute atomic E-state index is 5.64. The molecule has 1 atom stereocenters. The van der Waals surface area contributed by atoms with Gasteiger partial charge in [0.2, 0.25) is 0 Å². The summed E-state index contributed by atoms with van der Waals surface area (Å²) in [5.74, 6) is 0. The highest BCUT2D eigenvalue weighted by molar-refractivity contribution is 5.00. The fourth-order valence-corrected chi connectivity index (χ4v) is 1.61. The maximum Gasteiger partial charge on any atom is 0.0403 e. The van der Waals surface area contributed by atoms with E-state index in [1.165, 1.54) is 6.42 Å². The van der Waals surface area contributed by atoms with Gasteiger partial charge >= 0.3 is 0 Å². The van der Waals surface area contributed by atoms with Gasteiger partial charge in [-0.2, -0.15) is 0 Å². The van der Waals surface area contributed by atoms with Crippen molar-refractivity contribution in [2.45, 2.75) is 32.4 Å². The van der Waals surface area contributed by atoms with Gasteiger partial charge in [0.25, 0.3) is 0 Å². The predicted molar refractivity (Wildman–Crippen MR) is 48.4 cm³/mol. The minimum atomic E-state index is 0.476. The van der Waals surface area contributed by atoms with Crippen molar-refractivity contribution >= 4 is 0 Å². The van der Waals surface area contributed by atoms with Crippen molar-refractivity contribution in [2.24, 2.45) is 5.73 Å². The summed E-state index contributed by atoms with van der Waals surface area (Å²) in [5.41, 5.74) is 5.64. The zero-order valence-corrected chi connectivity index (χ0v) is 7.46. The number of nitrogens with two attached hydrogens (primary N) is 1. The standard InChI is InChI=1S/C9H18N2/c1-8(2)11-6-4-3-5-9(11)7-10/h3,5,8-9H,4,6-7,10H2,1-2H3. The molecule has 0 aromatic carbocycles. The van der Waals surface area contributed by atoms with Crippen LogP contribution in [0.15, 0.2) is 12.2 Å². The van der Waals surface area contributed by atoms with Gasteiger partial charge < -0.3 is 5.73 Å². The molecule has 0 spiro atoms. The molecule has 1 unspecified atom stereocenters. The first-order chi connectivity index (χ1) is 5.25. The molecule has 0 aromatic heterocycles. The molecule has 1 aliphatic heterocycles. The largest absolute Gasteiger partial charge is 0.329 e. The lowest BCUT2D eigenvalue weighted by Crippen LogP contribution is -2.45. The second-order valence-corrected chi connectivity index (χ2v) is 3.35. The lowest BCUT2D eigenvalue weighted by atomic mass is 10.1. The molecule has 2 nitrogen and oxygen atoms in total. The van der Waals surface area contributed by atoms with E-state index in [2.05, 4.69) is 30.9 Å². The fraction of sp³-hybridized carbons (Fsp3) is 0.778. The Morgan fingerprint density at radius 3 is 2.82 bits per heavy atom. The Hall–Kier alpha value is -0.340. The number of rotatable bonds is 2. The van der Waals surface area contributed by atoms with E-state index in [1.807, 2.05) is 0 Å². The maximum atomic E-state index is 5.64. The highest BCUT2D eigenvalue weighted by Gasteiger charge is 2.18. The van der Waals surface area contributed by atoms with Gasteiger partial charge in [0.15, 0.2) is 0 Å². The third-order valence-corrected chi connectivity index (χ3v) is 2.24. The fourth-order valence-electron chi connectivity index (χ4n) is 1.61. The Morgan fingerprint density at radius 1 is 1.64 bits per heavy atom. The molecule has 0 bridgehead atoms. The van der Waals surface area contributed by atoms with Crippen molar-refractivity contribution in [3.63, 3.8) is 0 Å². The Bertz CT molecular complexity index is 140. The van der Waals surface area contributed by atoms with E-state index < -0.39 is 0 Å². The van der Waals surface area contributed by atoms with Gasteiger partial charge in [-0.1, -0.05) is 12.2 Å². The zero-order chi connectivity index (χ0) is 8.27. The van der Waals surface area contributed by atoms with Crippen LogP contribution in [0, 0.1) is 0 Å². The third-order valence-electron chi connectivity index (χ3n) is 2.24. The monoisotopic (exact) mass is 154 g/mol. The third kappa shape index (κ3) is 2.04. The summed E-state index contributed by atoms with van der Waals surface area (Å²) in [6.07, 6.45) is 5.63. The Morgan fingerprint density at radius 2 is 2.36 bits per heavy atom. The Labute approximate surface area is 69.1 Å². The van der Waals surface area contributed by atoms with E-state index in [0.717, 1.165) is 13.1 Å². The number of hydrogen-bond acceptors (Lipinski definition) is 2. The van der Waals surface area contributed by atoms with Gasteiger partial charge in [0.05, 0.1) is 0 Å². The molecular formula is C9H18N2. The summed E-state index contributed by atoms with van der Waals surface area (Å²) in [4.78, 5) is 2.44. The van der Waals surface area contributed by atoms with E-state index in [9.17, 15) is 0 Å². The van der Waals surface area contributed by atoms with E-state index >= 15 is 0 Å². The van der Waals surface area contributed by atoms with Gasteiger partial charge in [0, 0.05) is 25.2 Å². The summed E-state index contributed by atoms with van der Waals surface area (Å²) in [6, 6.07) is 1.09. The van der Waals surface area contributed by atoms with Gasteiger partial charge in [-0.05, 0) is 20.3 Å². The van der Waals surface area contributed by atoms with Gasteiger partial charge in [0.1, 0.15) is 0 Å². The molecule has 2 heteroatoms. The quantitative estimate of drug-likeness (QED) is 0.601. The molecule has 0 saturated carbocycles. The first-order valence-electron chi connectivity index (χ1n) is 4.38. The summed E-state index contributed by atoms with van der Waals surface area (Å²) in [5, 5.41) is 0. The summed E-state index contributed by atoms with van der Waals surface area (Å²) >= 11 is 0. The van der Waals surface area contributed by atoms with Crippen LogP contribution in [0.4, 0.5) is 0 Å². The normalized spacial score (nSPS) is 26.4. The second kappa shape index (κ2) is 3.88. The average Bonchev–Trinajstić information content (AvgIpc) is 2.04. The smallest absolute Gasteiger partial charge is 0.0403 e. The summed E-state index contributed by atoms with van der Waals surface area (Å²) in [6.45, 7) is 6.36. The minimum absolute atomic E-state index is 0.476. The summed E-state index contributed by atoms with van der Waals surface area (Å²) < 4.78 is 0. The SMILES string of the molecule is CC(C)N1CCC=CC1CN. The van der Waals surface area contributed by atoms with Crippen molar-refractivity contribution in [3.8, 4) is 0 Å². The molecule has 11 heavy (non-hydrogen) atoms. The minimum Gasteiger partial charge on any atom is -0.329 e. The molecule has 0 saturated heterocycles. The Balaban J connectivity index is 2.56. The summed E-state index contributed by atoms with van der Waals surface area (Å²) in [7, 11) is 0. The first-order valence-corrected chi connectivity index (χ1v) is 4.38. The van der Waals surface area contributed by atoms with Crippen LogP contribution in [-0.4, -0.2) is 30.1 Å². The van der Waals surface area contributed by atoms with Crippen LogP contribution in [0.25, 0.3) is 0 Å². The van der Waals surface area contributed by atoms with Crippen LogP contribution in [-0.2, 0) is 0 Å².